The Hall–Kier alpha value is -2.84. The number of ether oxygens (including phenoxy) is 2. The first-order chi connectivity index (χ1) is 16.7. The normalized spacial score (nSPS) is 30.4. The smallest absolute Gasteiger partial charge is 0.225 e. The van der Waals surface area contributed by atoms with Gasteiger partial charge in [0.2, 0.25) is 5.79 Å². The molecule has 9 heteroatoms. The number of benzene rings is 2. The van der Waals surface area contributed by atoms with Gasteiger partial charge >= 0.3 is 0 Å². The van der Waals surface area contributed by atoms with Crippen LogP contribution in [-0.2, 0) is 26.5 Å². The Bertz CT molecular complexity index is 1140. The third-order valence-electron chi connectivity index (χ3n) is 6.74. The molecule has 4 rings (SSSR count). The van der Waals surface area contributed by atoms with Crippen molar-refractivity contribution in [3.05, 3.63) is 70.3 Å². The molecular formula is C26H30N2O7. The van der Waals surface area contributed by atoms with Gasteiger partial charge in [-0.25, -0.2) is 0 Å². The first kappa shape index (κ1) is 25.3. The van der Waals surface area contributed by atoms with Crippen LogP contribution in [0.3, 0.4) is 0 Å². The van der Waals surface area contributed by atoms with Crippen molar-refractivity contribution < 1.29 is 34.7 Å². The van der Waals surface area contributed by atoms with Crippen LogP contribution in [0.5, 0.6) is 0 Å². The van der Waals surface area contributed by atoms with Crippen LogP contribution in [0.2, 0.25) is 0 Å². The second kappa shape index (κ2) is 9.66. The largest absolute Gasteiger partial charge is 0.399 e. The summed E-state index contributed by atoms with van der Waals surface area (Å²) in [6, 6.07) is 14.9. The Balaban J connectivity index is 1.67. The van der Waals surface area contributed by atoms with Crippen molar-refractivity contribution in [3.8, 4) is 6.07 Å². The monoisotopic (exact) mass is 482 g/mol. The first-order valence-corrected chi connectivity index (χ1v) is 11.4. The Kier molecular flexibility index (Phi) is 6.97. The number of aliphatic hydroxyl groups excluding tert-OH is 4. The summed E-state index contributed by atoms with van der Waals surface area (Å²) in [6.45, 7) is 3.25. The number of oxime groups is 1. The molecule has 186 valence electrons. The number of rotatable bonds is 7. The highest BCUT2D eigenvalue weighted by Crippen LogP contribution is 2.49. The van der Waals surface area contributed by atoms with Gasteiger partial charge in [0.25, 0.3) is 0 Å². The van der Waals surface area contributed by atoms with Gasteiger partial charge in [-0.3, -0.25) is 0 Å². The Morgan fingerprint density at radius 1 is 1.17 bits per heavy atom. The van der Waals surface area contributed by atoms with E-state index in [-0.39, 0.29) is 12.5 Å². The summed E-state index contributed by atoms with van der Waals surface area (Å²) >= 11 is 0. The number of hydrogen-bond acceptors (Lipinski definition) is 9. The van der Waals surface area contributed by atoms with Gasteiger partial charge in [0.05, 0.1) is 30.6 Å². The van der Waals surface area contributed by atoms with Gasteiger partial charge in [-0.1, -0.05) is 49.3 Å². The Morgan fingerprint density at radius 3 is 2.49 bits per heavy atom. The van der Waals surface area contributed by atoms with Gasteiger partial charge in [-0.15, -0.1) is 0 Å². The van der Waals surface area contributed by atoms with E-state index in [1.165, 1.54) is 7.11 Å². The summed E-state index contributed by atoms with van der Waals surface area (Å²) < 4.78 is 11.7. The highest BCUT2D eigenvalue weighted by atomic mass is 16.8. The number of aliphatic hydroxyl groups is 4. The maximum absolute atomic E-state index is 10.8. The average Bonchev–Trinajstić information content (AvgIpc) is 3.25. The molecule has 2 saturated heterocycles. The van der Waals surface area contributed by atoms with E-state index in [4.69, 9.17) is 14.3 Å². The zero-order valence-electron chi connectivity index (χ0n) is 19.9. The molecule has 35 heavy (non-hydrogen) atoms. The third kappa shape index (κ3) is 4.23. The predicted octanol–water partition coefficient (Wildman–Crippen LogP) is 1.18. The molecule has 0 unspecified atom stereocenters. The fraction of sp³-hybridized carbons (Fsp3) is 0.462. The van der Waals surface area contributed by atoms with E-state index < -0.39 is 36.3 Å². The fourth-order valence-corrected chi connectivity index (χ4v) is 4.74. The molecular weight excluding hydrogens is 452 g/mol. The van der Waals surface area contributed by atoms with Gasteiger partial charge in [-0.2, -0.15) is 5.26 Å². The number of hydrogen-bond donors (Lipinski definition) is 4. The molecule has 2 fully saturated rings. The lowest BCUT2D eigenvalue weighted by molar-refractivity contribution is -0.329. The van der Waals surface area contributed by atoms with Crippen LogP contribution in [0, 0.1) is 17.2 Å². The van der Waals surface area contributed by atoms with Crippen molar-refractivity contribution in [3.63, 3.8) is 0 Å². The molecule has 2 aliphatic heterocycles. The lowest BCUT2D eigenvalue weighted by atomic mass is 9.83. The van der Waals surface area contributed by atoms with Crippen molar-refractivity contribution in [1.82, 2.24) is 0 Å². The Morgan fingerprint density at radius 2 is 1.89 bits per heavy atom. The second-order valence-corrected chi connectivity index (χ2v) is 9.33. The SMILES string of the molecule is CO/N=C(/c1ccc(Cc2cc([C@]34OC[C@](CO)(O3)[C@@H](O)[C@H](O)[C@H]4O)ccc2C#N)cc1)C(C)C. The first-order valence-electron chi connectivity index (χ1n) is 11.4. The molecule has 4 N–H and O–H groups in total. The van der Waals surface area contributed by atoms with Gasteiger partial charge in [0.15, 0.2) is 0 Å². The lowest BCUT2D eigenvalue weighted by Crippen LogP contribution is -2.65. The van der Waals surface area contributed by atoms with Gasteiger partial charge < -0.3 is 34.7 Å². The number of nitrogens with zero attached hydrogens (tertiary/aromatic N) is 2. The van der Waals surface area contributed by atoms with E-state index in [0.29, 0.717) is 23.1 Å². The molecule has 2 aliphatic rings. The van der Waals surface area contributed by atoms with Gasteiger partial charge in [-0.05, 0) is 41.2 Å². The van der Waals surface area contributed by atoms with Crippen LogP contribution < -0.4 is 0 Å². The highest BCUT2D eigenvalue weighted by Gasteiger charge is 2.67. The van der Waals surface area contributed by atoms with Crippen LogP contribution in [-0.4, -0.2) is 70.4 Å². The van der Waals surface area contributed by atoms with Crippen molar-refractivity contribution in [2.45, 2.75) is 50.0 Å². The molecule has 0 saturated carbocycles. The maximum atomic E-state index is 10.8. The van der Waals surface area contributed by atoms with Crippen molar-refractivity contribution in [1.29, 1.82) is 5.26 Å². The molecule has 2 bridgehead atoms. The molecule has 0 aliphatic carbocycles. The molecule has 9 nitrogen and oxygen atoms in total. The van der Waals surface area contributed by atoms with Gasteiger partial charge in [0, 0.05) is 5.56 Å². The summed E-state index contributed by atoms with van der Waals surface area (Å²) in [7, 11) is 1.51. The molecule has 2 aromatic carbocycles. The summed E-state index contributed by atoms with van der Waals surface area (Å²) in [6.07, 6.45) is -4.30. The topological polar surface area (TPSA) is 145 Å². The average molecular weight is 483 g/mol. The van der Waals surface area contributed by atoms with Crippen molar-refractivity contribution in [2.75, 3.05) is 20.3 Å². The molecule has 0 amide bonds. The minimum absolute atomic E-state index is 0.176. The molecule has 5 atom stereocenters. The summed E-state index contributed by atoms with van der Waals surface area (Å²) in [4.78, 5) is 4.97. The Labute approximate surface area is 203 Å². The van der Waals surface area contributed by atoms with E-state index in [1.807, 2.05) is 38.1 Å². The fourth-order valence-electron chi connectivity index (χ4n) is 4.74. The van der Waals surface area contributed by atoms with Crippen LogP contribution in [0.15, 0.2) is 47.6 Å². The molecule has 0 aromatic heterocycles. The molecule has 2 aromatic rings. The molecule has 2 heterocycles. The lowest BCUT2D eigenvalue weighted by Gasteiger charge is -2.46. The van der Waals surface area contributed by atoms with Gasteiger partial charge in [0.1, 0.15) is 31.0 Å². The maximum Gasteiger partial charge on any atom is 0.225 e. The standard InChI is InChI=1S/C26H30N2O7/c1-15(2)21(28-33-3)17-6-4-16(5-7-17)10-19-11-20(9-8-18(19)12-27)26-24(32)22(30)23(31)25(13-29,35-26)14-34-26/h4-9,11,15,22-24,29-32H,10,13-14H2,1-3H3/b28-21+/t22-,23-,24+,25-,26-/m0/s1. The highest BCUT2D eigenvalue weighted by molar-refractivity contribution is 6.01. The zero-order valence-corrected chi connectivity index (χ0v) is 19.9. The second-order valence-electron chi connectivity index (χ2n) is 9.33. The van der Waals surface area contributed by atoms with E-state index in [1.54, 1.807) is 18.2 Å². The van der Waals surface area contributed by atoms with Crippen molar-refractivity contribution >= 4 is 5.71 Å². The summed E-state index contributed by atoms with van der Waals surface area (Å²) in [5.41, 5.74) is 2.64. The van der Waals surface area contributed by atoms with Crippen LogP contribution in [0.25, 0.3) is 0 Å². The van der Waals surface area contributed by atoms with E-state index in [0.717, 1.165) is 16.8 Å². The minimum Gasteiger partial charge on any atom is -0.399 e. The quantitative estimate of drug-likeness (QED) is 0.340. The number of nitriles is 1. The third-order valence-corrected chi connectivity index (χ3v) is 6.74. The van der Waals surface area contributed by atoms with E-state index in [2.05, 4.69) is 11.2 Å². The van der Waals surface area contributed by atoms with Crippen LogP contribution in [0.1, 0.15) is 41.7 Å². The van der Waals surface area contributed by atoms with Crippen molar-refractivity contribution in [2.24, 2.45) is 11.1 Å². The number of fused-ring (bicyclic) bond motifs is 2. The van der Waals surface area contributed by atoms with E-state index in [9.17, 15) is 25.7 Å². The van der Waals surface area contributed by atoms with E-state index >= 15 is 0 Å². The molecule has 0 radical (unpaired) electrons. The van der Waals surface area contributed by atoms with Crippen LogP contribution in [0.4, 0.5) is 0 Å². The minimum atomic E-state index is -1.78. The summed E-state index contributed by atoms with van der Waals surface area (Å²) in [5.74, 6) is -1.60. The summed E-state index contributed by atoms with van der Waals surface area (Å²) in [5, 5.41) is 55.3. The molecule has 0 spiro atoms. The zero-order chi connectivity index (χ0) is 25.4. The predicted molar refractivity (Wildman–Crippen MR) is 125 cm³/mol. The van der Waals surface area contributed by atoms with Crippen LogP contribution >= 0.6 is 0 Å².